The molecule has 2 N–H and O–H groups in total. The Kier molecular flexibility index (Phi) is 7.86. The highest BCUT2D eigenvalue weighted by molar-refractivity contribution is 14.0. The maximum Gasteiger partial charge on any atom is 0.191 e. The number of nitrogens with zero attached hydrogens (tertiary/aromatic N) is 3. The Hall–Kier alpha value is -1.64. The van der Waals surface area contributed by atoms with Crippen molar-refractivity contribution in [1.29, 1.82) is 0 Å². The number of rotatable bonds is 5. The van der Waals surface area contributed by atoms with Crippen LogP contribution in [0.3, 0.4) is 0 Å². The molecule has 0 aliphatic heterocycles. The monoisotopic (exact) mass is 417 g/mol. The molecule has 0 aliphatic rings. The lowest BCUT2D eigenvalue weighted by Crippen LogP contribution is -2.37. The normalized spacial score (nSPS) is 11.0. The Balaban J connectivity index is 0.00000242. The van der Waals surface area contributed by atoms with Gasteiger partial charge in [-0.15, -0.1) is 24.0 Å². The molecule has 0 unspecified atom stereocenters. The molecule has 5 nitrogen and oxygen atoms in total. The van der Waals surface area contributed by atoms with Gasteiger partial charge >= 0.3 is 0 Å². The smallest absolute Gasteiger partial charge is 0.191 e. The summed E-state index contributed by atoms with van der Waals surface area (Å²) in [6, 6.07) is 6.81. The lowest BCUT2D eigenvalue weighted by Gasteiger charge is -2.11. The van der Waals surface area contributed by atoms with Crippen molar-refractivity contribution in [2.45, 2.75) is 13.0 Å². The number of aliphatic imine (C=N–C) groups is 1. The summed E-state index contributed by atoms with van der Waals surface area (Å²) in [5, 5.41) is 10.5. The first kappa shape index (κ1) is 18.4. The minimum Gasteiger partial charge on any atom is -0.356 e. The molecular weight excluding hydrogens is 396 g/mol. The van der Waals surface area contributed by atoms with Crippen LogP contribution in [0.2, 0.25) is 0 Å². The molecular formula is C15H21FIN5. The van der Waals surface area contributed by atoms with Crippen LogP contribution in [-0.4, -0.2) is 29.3 Å². The zero-order chi connectivity index (χ0) is 15.1. The number of benzene rings is 1. The zero-order valence-corrected chi connectivity index (χ0v) is 15.0. The van der Waals surface area contributed by atoms with Crippen LogP contribution in [0.5, 0.6) is 0 Å². The number of aryl methyl sites for hydroxylation is 1. The van der Waals surface area contributed by atoms with Crippen molar-refractivity contribution in [3.63, 3.8) is 0 Å². The quantitative estimate of drug-likeness (QED) is 0.445. The van der Waals surface area contributed by atoms with Crippen LogP contribution in [-0.2, 0) is 20.0 Å². The predicted octanol–water partition coefficient (Wildman–Crippen LogP) is 2.08. The van der Waals surface area contributed by atoms with E-state index in [9.17, 15) is 4.39 Å². The Bertz CT molecular complexity index is 611. The molecule has 120 valence electrons. The van der Waals surface area contributed by atoms with Crippen molar-refractivity contribution in [2.75, 3.05) is 13.6 Å². The number of aromatic nitrogens is 2. The van der Waals surface area contributed by atoms with Crippen molar-refractivity contribution in [3.05, 3.63) is 53.6 Å². The third-order valence-electron chi connectivity index (χ3n) is 3.09. The summed E-state index contributed by atoms with van der Waals surface area (Å²) < 4.78 is 15.2. The first-order valence-corrected chi connectivity index (χ1v) is 6.84. The third-order valence-corrected chi connectivity index (χ3v) is 3.09. The Labute approximate surface area is 147 Å². The number of nitrogens with one attached hydrogen (secondary N) is 2. The topological polar surface area (TPSA) is 54.2 Å². The summed E-state index contributed by atoms with van der Waals surface area (Å²) >= 11 is 0. The van der Waals surface area contributed by atoms with Gasteiger partial charge in [-0.05, 0) is 18.1 Å². The average molecular weight is 417 g/mol. The molecule has 0 amide bonds. The highest BCUT2D eigenvalue weighted by atomic mass is 127. The van der Waals surface area contributed by atoms with Crippen LogP contribution in [0.25, 0.3) is 0 Å². The van der Waals surface area contributed by atoms with Crippen LogP contribution in [0.15, 0.2) is 41.7 Å². The standard InChI is InChI=1S/C15H20FN5.HI/c1-17-15(19-9-12-10-20-21(2)11-12)18-8-7-13-5-3-4-6-14(13)16;/h3-6,10-11H,7-9H2,1-2H3,(H2,17,18,19);1H. The maximum atomic E-state index is 13.5. The van der Waals surface area contributed by atoms with Crippen molar-refractivity contribution in [3.8, 4) is 0 Å². The second-order valence-corrected chi connectivity index (χ2v) is 4.72. The van der Waals surface area contributed by atoms with Gasteiger partial charge in [0.2, 0.25) is 0 Å². The van der Waals surface area contributed by atoms with E-state index in [1.54, 1.807) is 30.1 Å². The molecule has 1 heterocycles. The van der Waals surface area contributed by atoms with Crippen LogP contribution in [0.4, 0.5) is 4.39 Å². The Morgan fingerprint density at radius 1 is 1.32 bits per heavy atom. The van der Waals surface area contributed by atoms with Gasteiger partial charge in [0, 0.05) is 38.9 Å². The minimum atomic E-state index is -0.169. The van der Waals surface area contributed by atoms with Gasteiger partial charge < -0.3 is 10.6 Å². The first-order valence-electron chi connectivity index (χ1n) is 6.84. The molecule has 7 heteroatoms. The van der Waals surface area contributed by atoms with E-state index < -0.39 is 0 Å². The molecule has 0 saturated heterocycles. The second-order valence-electron chi connectivity index (χ2n) is 4.72. The van der Waals surface area contributed by atoms with Crippen molar-refractivity contribution < 1.29 is 4.39 Å². The summed E-state index contributed by atoms with van der Waals surface area (Å²) in [5.41, 5.74) is 1.78. The summed E-state index contributed by atoms with van der Waals surface area (Å²) in [6.45, 7) is 1.26. The van der Waals surface area contributed by atoms with Crippen molar-refractivity contribution >= 4 is 29.9 Å². The number of guanidine groups is 1. The van der Waals surface area contributed by atoms with Gasteiger partial charge in [0.1, 0.15) is 5.82 Å². The number of hydrogen-bond acceptors (Lipinski definition) is 2. The van der Waals surface area contributed by atoms with Gasteiger partial charge in [-0.2, -0.15) is 5.10 Å². The van der Waals surface area contributed by atoms with Gasteiger partial charge in [0.25, 0.3) is 0 Å². The van der Waals surface area contributed by atoms with E-state index >= 15 is 0 Å². The molecule has 0 fully saturated rings. The number of halogens is 2. The lowest BCUT2D eigenvalue weighted by atomic mass is 10.1. The zero-order valence-electron chi connectivity index (χ0n) is 12.7. The highest BCUT2D eigenvalue weighted by Gasteiger charge is 2.02. The van der Waals surface area contributed by atoms with Crippen LogP contribution in [0, 0.1) is 5.82 Å². The van der Waals surface area contributed by atoms with Crippen molar-refractivity contribution in [1.82, 2.24) is 20.4 Å². The summed E-state index contributed by atoms with van der Waals surface area (Å²) in [5.74, 6) is 0.521. The molecule has 0 aliphatic carbocycles. The molecule has 22 heavy (non-hydrogen) atoms. The van der Waals surface area contributed by atoms with Gasteiger partial charge in [-0.25, -0.2) is 4.39 Å². The van der Waals surface area contributed by atoms with E-state index in [1.807, 2.05) is 19.3 Å². The lowest BCUT2D eigenvalue weighted by molar-refractivity contribution is 0.606. The van der Waals surface area contributed by atoms with Gasteiger partial charge in [0.05, 0.1) is 6.20 Å². The highest BCUT2D eigenvalue weighted by Crippen LogP contribution is 2.06. The molecule has 2 rings (SSSR count). The van der Waals surface area contributed by atoms with Crippen LogP contribution >= 0.6 is 24.0 Å². The average Bonchev–Trinajstić information content (AvgIpc) is 2.90. The largest absolute Gasteiger partial charge is 0.356 e. The number of hydrogen-bond donors (Lipinski definition) is 2. The van der Waals surface area contributed by atoms with E-state index in [4.69, 9.17) is 0 Å². The summed E-state index contributed by atoms with van der Waals surface area (Å²) in [7, 11) is 3.59. The van der Waals surface area contributed by atoms with Crippen molar-refractivity contribution in [2.24, 2.45) is 12.0 Å². The van der Waals surface area contributed by atoms with Crippen LogP contribution < -0.4 is 10.6 Å². The van der Waals surface area contributed by atoms with E-state index in [2.05, 4.69) is 20.7 Å². The fourth-order valence-electron chi connectivity index (χ4n) is 1.99. The fourth-order valence-corrected chi connectivity index (χ4v) is 1.99. The molecule has 0 saturated carbocycles. The second kappa shape index (κ2) is 9.39. The van der Waals surface area contributed by atoms with E-state index in [0.717, 1.165) is 5.56 Å². The molecule has 0 spiro atoms. The Morgan fingerprint density at radius 2 is 2.09 bits per heavy atom. The van der Waals surface area contributed by atoms with Gasteiger partial charge in [-0.1, -0.05) is 18.2 Å². The Morgan fingerprint density at radius 3 is 2.73 bits per heavy atom. The molecule has 2 aromatic rings. The summed E-state index contributed by atoms with van der Waals surface area (Å²) in [4.78, 5) is 4.14. The van der Waals surface area contributed by atoms with Crippen LogP contribution in [0.1, 0.15) is 11.1 Å². The van der Waals surface area contributed by atoms with E-state index in [0.29, 0.717) is 31.0 Å². The maximum absolute atomic E-state index is 13.5. The summed E-state index contributed by atoms with van der Waals surface area (Å²) in [6.07, 6.45) is 4.36. The van der Waals surface area contributed by atoms with Gasteiger partial charge in [0.15, 0.2) is 5.96 Å². The SMILES string of the molecule is CN=C(NCCc1ccccc1F)NCc1cnn(C)c1.I. The fraction of sp³-hybridized carbons (Fsp3) is 0.333. The molecule has 0 atom stereocenters. The van der Waals surface area contributed by atoms with E-state index in [-0.39, 0.29) is 29.8 Å². The molecule has 1 aromatic heterocycles. The molecule has 0 radical (unpaired) electrons. The third kappa shape index (κ3) is 5.63. The predicted molar refractivity (Wildman–Crippen MR) is 96.9 cm³/mol. The van der Waals surface area contributed by atoms with Gasteiger partial charge in [-0.3, -0.25) is 9.67 Å². The minimum absolute atomic E-state index is 0. The molecule has 0 bridgehead atoms. The first-order chi connectivity index (χ1) is 10.2. The van der Waals surface area contributed by atoms with E-state index in [1.165, 1.54) is 6.07 Å². The molecule has 1 aromatic carbocycles.